The van der Waals surface area contributed by atoms with Gasteiger partial charge in [-0.1, -0.05) is 73.3 Å². The maximum Gasteiger partial charge on any atom is 0.275 e. The standard InChI is InChI=1S/C31H28ClF2N3O2/c32-25-19-24(15-16-26(25)34)37(31(39)28-18-17-27(36-28)20-7-3-1-4-8-20)29(21-11-13-22(33)14-12-21)30(38)35-23-9-5-2-6-10-23/h1,3-4,7-8,11-19,23,29,36H,2,5-6,9-10H2,(H,35,38)/t29-/m1/s1. The Morgan fingerprint density at radius 2 is 1.62 bits per heavy atom. The Labute approximate surface area is 230 Å². The minimum absolute atomic E-state index is 0.0295. The maximum absolute atomic E-state index is 14.2. The highest BCUT2D eigenvalue weighted by atomic mass is 35.5. The van der Waals surface area contributed by atoms with E-state index in [1.54, 1.807) is 12.1 Å². The summed E-state index contributed by atoms with van der Waals surface area (Å²) in [7, 11) is 0. The molecule has 0 radical (unpaired) electrons. The molecule has 4 aromatic rings. The lowest BCUT2D eigenvalue weighted by molar-refractivity contribution is -0.123. The van der Waals surface area contributed by atoms with Crippen molar-refractivity contribution < 1.29 is 18.4 Å². The first-order chi connectivity index (χ1) is 18.9. The SMILES string of the molecule is O=C(NC1CCCCC1)[C@@H](c1ccc(F)cc1)N(C(=O)c1ccc(-c2ccccc2)[nH]1)c1ccc(F)c(Cl)c1. The summed E-state index contributed by atoms with van der Waals surface area (Å²) in [6.45, 7) is 0. The van der Waals surface area contributed by atoms with Gasteiger partial charge in [0.2, 0.25) is 5.91 Å². The molecule has 1 aromatic heterocycles. The second-order valence-electron chi connectivity index (χ2n) is 9.72. The van der Waals surface area contributed by atoms with Gasteiger partial charge in [-0.25, -0.2) is 8.78 Å². The summed E-state index contributed by atoms with van der Waals surface area (Å²) in [5, 5.41) is 2.91. The van der Waals surface area contributed by atoms with Gasteiger partial charge in [0.25, 0.3) is 5.91 Å². The van der Waals surface area contributed by atoms with Gasteiger partial charge in [0.05, 0.1) is 5.02 Å². The molecule has 1 heterocycles. The Balaban J connectivity index is 1.59. The van der Waals surface area contributed by atoms with Gasteiger partial charge in [0, 0.05) is 17.4 Å². The van der Waals surface area contributed by atoms with Crippen molar-refractivity contribution in [1.29, 1.82) is 0 Å². The molecule has 3 aromatic carbocycles. The van der Waals surface area contributed by atoms with Gasteiger partial charge in [0.1, 0.15) is 23.4 Å². The van der Waals surface area contributed by atoms with Crippen LogP contribution in [0.5, 0.6) is 0 Å². The van der Waals surface area contributed by atoms with Crippen LogP contribution in [0.1, 0.15) is 54.2 Å². The fourth-order valence-electron chi connectivity index (χ4n) is 5.04. The molecule has 8 heteroatoms. The molecule has 0 saturated heterocycles. The number of benzene rings is 3. The number of nitrogens with one attached hydrogen (secondary N) is 2. The molecule has 1 aliphatic rings. The van der Waals surface area contributed by atoms with Crippen molar-refractivity contribution in [2.24, 2.45) is 0 Å². The van der Waals surface area contributed by atoms with Crippen molar-refractivity contribution in [2.75, 3.05) is 4.90 Å². The minimum atomic E-state index is -1.16. The van der Waals surface area contributed by atoms with Crippen LogP contribution in [0.2, 0.25) is 5.02 Å². The summed E-state index contributed by atoms with van der Waals surface area (Å²) in [5.41, 5.74) is 2.48. The molecule has 0 spiro atoms. The first kappa shape index (κ1) is 26.6. The van der Waals surface area contributed by atoms with E-state index < -0.39 is 29.5 Å². The minimum Gasteiger partial charge on any atom is -0.351 e. The largest absolute Gasteiger partial charge is 0.351 e. The second kappa shape index (κ2) is 11.8. The molecule has 5 rings (SSSR count). The smallest absolute Gasteiger partial charge is 0.275 e. The number of nitrogens with zero attached hydrogens (tertiary/aromatic N) is 1. The number of hydrogen-bond acceptors (Lipinski definition) is 2. The van der Waals surface area contributed by atoms with Crippen LogP contribution in [0.15, 0.2) is 84.9 Å². The third-order valence-corrected chi connectivity index (χ3v) is 7.33. The molecule has 1 aliphatic carbocycles. The van der Waals surface area contributed by atoms with Crippen LogP contribution in [0.4, 0.5) is 14.5 Å². The van der Waals surface area contributed by atoms with Crippen LogP contribution in [-0.2, 0) is 4.79 Å². The predicted octanol–water partition coefficient (Wildman–Crippen LogP) is 7.45. The highest BCUT2D eigenvalue weighted by Gasteiger charge is 2.35. The molecule has 39 heavy (non-hydrogen) atoms. The maximum atomic E-state index is 14.2. The molecule has 2 amide bonds. The van der Waals surface area contributed by atoms with E-state index in [9.17, 15) is 18.4 Å². The van der Waals surface area contributed by atoms with E-state index in [0.717, 1.165) is 49.4 Å². The topological polar surface area (TPSA) is 65.2 Å². The fraction of sp³-hybridized carbons (Fsp3) is 0.226. The number of H-pyrrole nitrogens is 1. The number of anilines is 1. The third-order valence-electron chi connectivity index (χ3n) is 7.05. The van der Waals surface area contributed by atoms with E-state index in [0.29, 0.717) is 5.56 Å². The van der Waals surface area contributed by atoms with E-state index in [1.807, 2.05) is 30.3 Å². The highest BCUT2D eigenvalue weighted by Crippen LogP contribution is 2.33. The van der Waals surface area contributed by atoms with Crippen LogP contribution < -0.4 is 10.2 Å². The molecule has 1 fully saturated rings. The number of halogens is 3. The van der Waals surface area contributed by atoms with Crippen LogP contribution >= 0.6 is 11.6 Å². The third kappa shape index (κ3) is 6.04. The van der Waals surface area contributed by atoms with E-state index in [1.165, 1.54) is 41.3 Å². The fourth-order valence-corrected chi connectivity index (χ4v) is 5.22. The zero-order chi connectivity index (χ0) is 27.4. The van der Waals surface area contributed by atoms with Crippen molar-refractivity contribution >= 4 is 29.1 Å². The lowest BCUT2D eigenvalue weighted by atomic mass is 9.94. The monoisotopic (exact) mass is 547 g/mol. The molecule has 200 valence electrons. The molecule has 2 N–H and O–H groups in total. The van der Waals surface area contributed by atoms with Crippen molar-refractivity contribution in [3.05, 3.63) is 113 Å². The van der Waals surface area contributed by atoms with Gasteiger partial charge in [-0.2, -0.15) is 0 Å². The lowest BCUT2D eigenvalue weighted by Gasteiger charge is -2.33. The Bertz CT molecular complexity index is 1450. The summed E-state index contributed by atoms with van der Waals surface area (Å²) in [4.78, 5) is 32.5. The average molecular weight is 548 g/mol. The van der Waals surface area contributed by atoms with E-state index >= 15 is 0 Å². The lowest BCUT2D eigenvalue weighted by Crippen LogP contribution is -2.47. The van der Waals surface area contributed by atoms with Gasteiger partial charge >= 0.3 is 0 Å². The summed E-state index contributed by atoms with van der Waals surface area (Å²) in [5.74, 6) is -2.04. The van der Waals surface area contributed by atoms with Crippen molar-refractivity contribution in [1.82, 2.24) is 10.3 Å². The zero-order valence-corrected chi connectivity index (χ0v) is 21.9. The quantitative estimate of drug-likeness (QED) is 0.252. The van der Waals surface area contributed by atoms with Crippen LogP contribution in [-0.4, -0.2) is 22.8 Å². The normalized spacial score (nSPS) is 14.5. The zero-order valence-electron chi connectivity index (χ0n) is 21.2. The van der Waals surface area contributed by atoms with Crippen molar-refractivity contribution in [2.45, 2.75) is 44.2 Å². The van der Waals surface area contributed by atoms with Gasteiger partial charge < -0.3 is 10.3 Å². The number of rotatable bonds is 7. The van der Waals surface area contributed by atoms with Crippen molar-refractivity contribution in [3.8, 4) is 11.3 Å². The predicted molar refractivity (Wildman–Crippen MR) is 149 cm³/mol. The first-order valence-electron chi connectivity index (χ1n) is 13.0. The highest BCUT2D eigenvalue weighted by molar-refractivity contribution is 6.31. The summed E-state index contributed by atoms with van der Waals surface area (Å²) in [6, 6.07) is 21.1. The van der Waals surface area contributed by atoms with Gasteiger partial charge in [0.15, 0.2) is 0 Å². The second-order valence-corrected chi connectivity index (χ2v) is 10.1. The molecular formula is C31H28ClF2N3O2. The Morgan fingerprint density at radius 1 is 0.897 bits per heavy atom. The number of carbonyl (C=O) groups is 2. The van der Waals surface area contributed by atoms with Gasteiger partial charge in [-0.05, 0) is 66.4 Å². The Morgan fingerprint density at radius 3 is 2.31 bits per heavy atom. The number of amides is 2. The Hall–Kier alpha value is -3.97. The number of carbonyl (C=O) groups excluding carboxylic acids is 2. The average Bonchev–Trinajstić information content (AvgIpc) is 3.45. The van der Waals surface area contributed by atoms with Crippen LogP contribution in [0.25, 0.3) is 11.3 Å². The summed E-state index contributed by atoms with van der Waals surface area (Å²) < 4.78 is 28.0. The number of aromatic amines is 1. The number of aromatic nitrogens is 1. The van der Waals surface area contributed by atoms with E-state index in [-0.39, 0.29) is 22.4 Å². The molecule has 5 nitrogen and oxygen atoms in total. The molecule has 1 saturated carbocycles. The van der Waals surface area contributed by atoms with E-state index in [2.05, 4.69) is 10.3 Å². The van der Waals surface area contributed by atoms with Gasteiger partial charge in [-0.15, -0.1) is 0 Å². The van der Waals surface area contributed by atoms with Crippen molar-refractivity contribution in [3.63, 3.8) is 0 Å². The molecule has 0 aliphatic heterocycles. The molecule has 0 bridgehead atoms. The molecule has 1 atom stereocenters. The van der Waals surface area contributed by atoms with Crippen LogP contribution in [0.3, 0.4) is 0 Å². The number of hydrogen-bond donors (Lipinski definition) is 2. The van der Waals surface area contributed by atoms with Crippen LogP contribution in [0, 0.1) is 11.6 Å². The first-order valence-corrected chi connectivity index (χ1v) is 13.4. The molecular weight excluding hydrogens is 520 g/mol. The van der Waals surface area contributed by atoms with E-state index in [4.69, 9.17) is 11.6 Å². The summed E-state index contributed by atoms with van der Waals surface area (Å²) >= 11 is 6.13. The Kier molecular flexibility index (Phi) is 8.07. The van der Waals surface area contributed by atoms with Gasteiger partial charge in [-0.3, -0.25) is 14.5 Å². The summed E-state index contributed by atoms with van der Waals surface area (Å²) in [6.07, 6.45) is 4.81. The molecule has 0 unspecified atom stereocenters.